The van der Waals surface area contributed by atoms with E-state index in [9.17, 15) is 23.1 Å². The Labute approximate surface area is 205 Å². The highest BCUT2D eigenvalue weighted by molar-refractivity contribution is 7.91. The molecule has 3 N–H and O–H groups in total. The Balaban J connectivity index is 1.94. The molecule has 1 aromatic carbocycles. The minimum absolute atomic E-state index is 0.00637. The quantitative estimate of drug-likeness (QED) is 0.214. The predicted octanol–water partition coefficient (Wildman–Crippen LogP) is 3.66. The van der Waals surface area contributed by atoms with Crippen LogP contribution in [0.3, 0.4) is 0 Å². The van der Waals surface area contributed by atoms with Crippen LogP contribution in [0, 0.1) is 0 Å². The molecule has 0 spiro atoms. The maximum absolute atomic E-state index is 12.1. The van der Waals surface area contributed by atoms with E-state index in [0.29, 0.717) is 16.2 Å². The molecule has 33 heavy (non-hydrogen) atoms. The van der Waals surface area contributed by atoms with Crippen LogP contribution >= 0.6 is 24.2 Å². The van der Waals surface area contributed by atoms with Crippen molar-refractivity contribution in [3.05, 3.63) is 34.5 Å². The van der Waals surface area contributed by atoms with E-state index >= 15 is 0 Å². The largest absolute Gasteiger partial charge is 0.480 e. The van der Waals surface area contributed by atoms with Crippen molar-refractivity contribution in [2.75, 3.05) is 6.26 Å². The van der Waals surface area contributed by atoms with E-state index in [1.54, 1.807) is 13.0 Å². The number of carbonyl (C=O) groups is 2. The third-order valence-electron chi connectivity index (χ3n) is 5.43. The van der Waals surface area contributed by atoms with Gasteiger partial charge >= 0.3 is 5.97 Å². The lowest BCUT2D eigenvalue weighted by atomic mass is 9.94. The van der Waals surface area contributed by atoms with Crippen LogP contribution in [0.4, 0.5) is 0 Å². The molecule has 1 atom stereocenters. The molecule has 1 aromatic rings. The molecule has 1 aliphatic carbocycles. The van der Waals surface area contributed by atoms with E-state index in [1.165, 1.54) is 24.9 Å². The first kappa shape index (κ1) is 27.4. The summed E-state index contributed by atoms with van der Waals surface area (Å²) >= 11 is 10.4. The summed E-state index contributed by atoms with van der Waals surface area (Å²) in [6, 6.07) is 3.94. The Morgan fingerprint density at radius 1 is 1.30 bits per heavy atom. The highest BCUT2D eigenvalue weighted by Gasteiger charge is 2.23. The fourth-order valence-corrected chi connectivity index (χ4v) is 5.08. The summed E-state index contributed by atoms with van der Waals surface area (Å²) < 4.78 is 23.7. The molecule has 1 aliphatic rings. The van der Waals surface area contributed by atoms with Crippen molar-refractivity contribution in [3.63, 3.8) is 0 Å². The van der Waals surface area contributed by atoms with Gasteiger partial charge in [-0.2, -0.15) is 0 Å². The lowest BCUT2D eigenvalue weighted by Crippen LogP contribution is -2.44. The van der Waals surface area contributed by atoms with Gasteiger partial charge in [0, 0.05) is 23.6 Å². The van der Waals surface area contributed by atoms with E-state index in [4.69, 9.17) is 11.6 Å². The topological polar surface area (TPSA) is 125 Å². The molecule has 11 heteroatoms. The van der Waals surface area contributed by atoms with Gasteiger partial charge < -0.3 is 15.7 Å². The zero-order chi connectivity index (χ0) is 24.6. The van der Waals surface area contributed by atoms with Crippen LogP contribution in [0.15, 0.2) is 33.8 Å². The number of thiol groups is 1. The van der Waals surface area contributed by atoms with E-state index in [0.717, 1.165) is 31.9 Å². The second-order valence-electron chi connectivity index (χ2n) is 8.11. The summed E-state index contributed by atoms with van der Waals surface area (Å²) in [5.74, 6) is -1.31. The van der Waals surface area contributed by atoms with E-state index in [-0.39, 0.29) is 34.7 Å². The molecule has 2 rings (SSSR count). The van der Waals surface area contributed by atoms with Crippen LogP contribution in [0.5, 0.6) is 0 Å². The Bertz CT molecular complexity index is 1030. The maximum Gasteiger partial charge on any atom is 0.320 e. The first-order valence-corrected chi connectivity index (χ1v) is 13.4. The van der Waals surface area contributed by atoms with E-state index in [2.05, 4.69) is 28.3 Å². The second kappa shape index (κ2) is 12.5. The Morgan fingerprint density at radius 3 is 2.58 bits per heavy atom. The van der Waals surface area contributed by atoms with Crippen molar-refractivity contribution >= 4 is 57.2 Å². The minimum Gasteiger partial charge on any atom is -0.480 e. The van der Waals surface area contributed by atoms with Gasteiger partial charge in [-0.3, -0.25) is 9.59 Å². The number of hydrogen-bond donors (Lipinski definition) is 4. The Morgan fingerprint density at radius 2 is 1.97 bits per heavy atom. The summed E-state index contributed by atoms with van der Waals surface area (Å²) in [6.45, 7) is 1.66. The van der Waals surface area contributed by atoms with Crippen LogP contribution < -0.4 is 10.6 Å². The monoisotopic (exact) mass is 515 g/mol. The summed E-state index contributed by atoms with van der Waals surface area (Å²) in [7, 11) is -3.50. The maximum atomic E-state index is 12.1. The van der Waals surface area contributed by atoms with Gasteiger partial charge in [0.05, 0.1) is 22.0 Å². The van der Waals surface area contributed by atoms with E-state index < -0.39 is 21.8 Å². The molecular weight excluding hydrogens is 486 g/mol. The highest BCUT2D eigenvalue weighted by Crippen LogP contribution is 2.29. The van der Waals surface area contributed by atoms with Crippen molar-refractivity contribution in [2.45, 2.75) is 68.8 Å². The summed E-state index contributed by atoms with van der Waals surface area (Å²) in [5.41, 5.74) is 0.963. The van der Waals surface area contributed by atoms with Gasteiger partial charge in [-0.25, -0.2) is 13.4 Å². The summed E-state index contributed by atoms with van der Waals surface area (Å²) in [5, 5.41) is 15.2. The first-order valence-electron chi connectivity index (χ1n) is 10.7. The van der Waals surface area contributed by atoms with Crippen LogP contribution in [0.25, 0.3) is 4.91 Å². The summed E-state index contributed by atoms with van der Waals surface area (Å²) in [6.07, 6.45) is 7.77. The normalized spacial score (nSPS) is 17.0. The average molecular weight is 516 g/mol. The Kier molecular flexibility index (Phi) is 10.4. The number of carboxylic acids is 1. The fraction of sp³-hybridized carbons (Fsp3) is 0.500. The molecule has 1 amide bonds. The van der Waals surface area contributed by atoms with Gasteiger partial charge in [-0.15, -0.1) is 12.6 Å². The number of nitrogens with one attached hydrogen (secondary N) is 2. The van der Waals surface area contributed by atoms with Crippen LogP contribution in [-0.2, 0) is 19.4 Å². The lowest BCUT2D eigenvalue weighted by Gasteiger charge is -2.26. The minimum atomic E-state index is -3.50. The van der Waals surface area contributed by atoms with Crippen molar-refractivity contribution in [3.8, 4) is 0 Å². The van der Waals surface area contributed by atoms with Crippen LogP contribution in [0.2, 0.25) is 5.02 Å². The lowest BCUT2D eigenvalue weighted by molar-refractivity contribution is -0.140. The molecule has 8 nitrogen and oxygen atoms in total. The predicted molar refractivity (Wildman–Crippen MR) is 133 cm³/mol. The molecule has 182 valence electrons. The summed E-state index contributed by atoms with van der Waals surface area (Å²) in [4.78, 5) is 28.2. The molecule has 0 radical (unpaired) electrons. The van der Waals surface area contributed by atoms with E-state index in [1.807, 2.05) is 0 Å². The first-order chi connectivity index (χ1) is 15.5. The number of aliphatic carboxylic acids is 1. The van der Waals surface area contributed by atoms with Gasteiger partial charge in [0.1, 0.15) is 6.04 Å². The van der Waals surface area contributed by atoms with Gasteiger partial charge in [0.15, 0.2) is 9.84 Å². The molecule has 0 aliphatic heterocycles. The third kappa shape index (κ3) is 8.77. The standard InChI is InChI=1S/C22H30ClN3O5S2/c1-14(21(32)15-8-9-17(23)19(12-15)33(2,30)31)24-13-25-20(27)11-10-18(22(28)29)26-16-6-4-3-5-7-16/h8-9,12-13,16,18,26,32H,3-7,10-11H2,1-2H3,(H,28,29)(H,24,25,27)/b21-14-. The number of allylic oxidation sites excluding steroid dienone is 1. The van der Waals surface area contributed by atoms with Crippen molar-refractivity contribution in [2.24, 2.45) is 4.99 Å². The number of hydrogen-bond acceptors (Lipinski definition) is 7. The van der Waals surface area contributed by atoms with Crippen molar-refractivity contribution in [1.82, 2.24) is 10.6 Å². The fourth-order valence-electron chi connectivity index (χ4n) is 3.59. The molecule has 1 unspecified atom stereocenters. The number of amides is 1. The Hall–Kier alpha value is -1.88. The zero-order valence-electron chi connectivity index (χ0n) is 18.7. The zero-order valence-corrected chi connectivity index (χ0v) is 21.1. The number of carboxylic acid groups (broad SMARTS) is 1. The molecule has 1 fully saturated rings. The van der Waals surface area contributed by atoms with Gasteiger partial charge in [0.2, 0.25) is 5.91 Å². The number of sulfone groups is 1. The molecular formula is C22H30ClN3O5S2. The molecule has 0 heterocycles. The molecule has 0 saturated heterocycles. The number of nitrogens with zero attached hydrogens (tertiary/aromatic N) is 1. The third-order valence-corrected chi connectivity index (χ3v) is 7.59. The number of benzene rings is 1. The van der Waals surface area contributed by atoms with Gasteiger partial charge in [-0.05, 0) is 43.9 Å². The SMILES string of the molecule is C/C(N=CNC(=O)CCC(NC1CCCCC1)C(=O)O)=C(/S)c1ccc(Cl)c(S(C)(=O)=O)c1. The molecule has 0 aromatic heterocycles. The smallest absolute Gasteiger partial charge is 0.320 e. The van der Waals surface area contributed by atoms with Crippen LogP contribution in [0.1, 0.15) is 57.4 Å². The average Bonchev–Trinajstić information content (AvgIpc) is 2.76. The van der Waals surface area contributed by atoms with Crippen molar-refractivity contribution < 1.29 is 23.1 Å². The van der Waals surface area contributed by atoms with Gasteiger partial charge in [0.25, 0.3) is 0 Å². The number of carbonyl (C=O) groups excluding carboxylic acids is 1. The van der Waals surface area contributed by atoms with Crippen LogP contribution in [-0.4, -0.2) is 50.1 Å². The van der Waals surface area contributed by atoms with Gasteiger partial charge in [-0.1, -0.05) is 36.9 Å². The second-order valence-corrected chi connectivity index (χ2v) is 10.9. The highest BCUT2D eigenvalue weighted by atomic mass is 35.5. The number of aliphatic imine (C=N–C) groups is 1. The molecule has 0 bridgehead atoms. The number of halogens is 1. The number of rotatable bonds is 10. The van der Waals surface area contributed by atoms with Crippen molar-refractivity contribution in [1.29, 1.82) is 0 Å². The molecule has 1 saturated carbocycles.